The van der Waals surface area contributed by atoms with Crippen molar-refractivity contribution in [2.75, 3.05) is 4.72 Å². The summed E-state index contributed by atoms with van der Waals surface area (Å²) in [6.07, 6.45) is 3.92. The molecular formula is C18H12F2N4O5S. The van der Waals surface area contributed by atoms with Crippen molar-refractivity contribution in [3.05, 3.63) is 64.9 Å². The number of ether oxygens (including phenoxy) is 1. The minimum absolute atomic E-state index is 0.0454. The molecule has 3 heterocycles. The van der Waals surface area contributed by atoms with Crippen molar-refractivity contribution in [2.45, 2.75) is 0 Å². The van der Waals surface area contributed by atoms with Crippen LogP contribution in [-0.4, -0.2) is 23.3 Å². The highest BCUT2D eigenvalue weighted by atomic mass is 32.2. The molecule has 0 saturated carbocycles. The normalized spacial score (nSPS) is 12.1. The van der Waals surface area contributed by atoms with Crippen molar-refractivity contribution in [1.29, 1.82) is 0 Å². The highest BCUT2D eigenvalue weighted by Crippen LogP contribution is 2.36. The Hall–Kier alpha value is -3.64. The molecular weight excluding hydrogens is 422 g/mol. The lowest BCUT2D eigenvalue weighted by Crippen LogP contribution is -2.16. The Morgan fingerprint density at radius 3 is 2.80 bits per heavy atom. The second kappa shape index (κ2) is 7.65. The van der Waals surface area contributed by atoms with E-state index in [4.69, 9.17) is 13.7 Å². The Bertz CT molecular complexity index is 1350. The maximum Gasteiger partial charge on any atom is 0.293 e. The number of halogens is 2. The highest BCUT2D eigenvalue weighted by molar-refractivity contribution is 7.80. The summed E-state index contributed by atoms with van der Waals surface area (Å²) in [7, 11) is 1.50. The molecule has 0 fully saturated rings. The second-order valence-corrected chi connectivity index (χ2v) is 6.76. The third kappa shape index (κ3) is 3.65. The first-order valence-corrected chi connectivity index (χ1v) is 9.39. The maximum atomic E-state index is 14.1. The molecule has 154 valence electrons. The van der Waals surface area contributed by atoms with E-state index in [1.165, 1.54) is 30.1 Å². The molecule has 0 aliphatic rings. The van der Waals surface area contributed by atoms with Crippen LogP contribution in [-0.2, 0) is 18.3 Å². The van der Waals surface area contributed by atoms with Crippen LogP contribution in [0.15, 0.2) is 52.1 Å². The first kappa shape index (κ1) is 19.7. The molecule has 1 aromatic carbocycles. The van der Waals surface area contributed by atoms with E-state index in [1.54, 1.807) is 0 Å². The van der Waals surface area contributed by atoms with Crippen molar-refractivity contribution < 1.29 is 26.7 Å². The fourth-order valence-corrected chi connectivity index (χ4v) is 3.05. The predicted octanol–water partition coefficient (Wildman–Crippen LogP) is 3.21. The van der Waals surface area contributed by atoms with Gasteiger partial charge in [-0.05, 0) is 18.2 Å². The molecule has 0 bridgehead atoms. The summed E-state index contributed by atoms with van der Waals surface area (Å²) < 4.78 is 61.6. The van der Waals surface area contributed by atoms with Crippen molar-refractivity contribution in [3.63, 3.8) is 0 Å². The molecule has 0 amide bonds. The average Bonchev–Trinajstić information content (AvgIpc) is 3.18. The number of nitrogens with one attached hydrogen (secondary N) is 1. The van der Waals surface area contributed by atoms with Crippen molar-refractivity contribution in [3.8, 4) is 22.8 Å². The van der Waals surface area contributed by atoms with E-state index in [9.17, 15) is 17.8 Å². The molecule has 4 rings (SSSR count). The van der Waals surface area contributed by atoms with Gasteiger partial charge < -0.3 is 13.7 Å². The Kier molecular flexibility index (Phi) is 5.01. The predicted molar refractivity (Wildman–Crippen MR) is 103 cm³/mol. The SMILES string of the molecule is Cn1cc(-c2nc(NS(=O)O)ncc2Oc2ccc(F)cc2F)c2ccoc2c1=O. The van der Waals surface area contributed by atoms with Gasteiger partial charge in [-0.2, -0.15) is 0 Å². The number of hydrogen-bond donors (Lipinski definition) is 2. The van der Waals surface area contributed by atoms with Crippen LogP contribution in [0.1, 0.15) is 0 Å². The number of aromatic nitrogens is 3. The van der Waals surface area contributed by atoms with Crippen LogP contribution in [0.25, 0.3) is 22.2 Å². The number of fused-ring (bicyclic) bond motifs is 1. The van der Waals surface area contributed by atoms with E-state index in [2.05, 4.69) is 14.7 Å². The molecule has 0 saturated heterocycles. The molecule has 0 aliphatic carbocycles. The zero-order chi connectivity index (χ0) is 21.4. The minimum atomic E-state index is -2.45. The topological polar surface area (TPSA) is 119 Å². The molecule has 0 radical (unpaired) electrons. The smallest absolute Gasteiger partial charge is 0.293 e. The van der Waals surface area contributed by atoms with Gasteiger partial charge in [0.2, 0.25) is 5.95 Å². The third-order valence-corrected chi connectivity index (χ3v) is 4.45. The standard InChI is InChI=1S/C18H12F2N4O5S/c1-24-8-11(10-4-5-28-16(10)17(24)25)15-14(7-21-18(22-15)23-30(26)27)29-13-3-2-9(19)6-12(13)20/h2-8H,1H3,(H,26,27)(H,21,22,23). The first-order chi connectivity index (χ1) is 14.3. The van der Waals surface area contributed by atoms with Crippen LogP contribution in [0, 0.1) is 11.6 Å². The average molecular weight is 434 g/mol. The molecule has 9 nitrogen and oxygen atoms in total. The minimum Gasteiger partial charge on any atom is -0.458 e. The Morgan fingerprint density at radius 2 is 2.07 bits per heavy atom. The molecule has 12 heteroatoms. The molecule has 3 aromatic heterocycles. The summed E-state index contributed by atoms with van der Waals surface area (Å²) in [5.41, 5.74) is 0.0821. The molecule has 4 aromatic rings. The molecule has 2 N–H and O–H groups in total. The summed E-state index contributed by atoms with van der Waals surface area (Å²) in [5, 5.41) is 0.386. The van der Waals surface area contributed by atoms with Crippen LogP contribution in [0.5, 0.6) is 11.5 Å². The number of benzene rings is 1. The van der Waals surface area contributed by atoms with Crippen molar-refractivity contribution >= 4 is 28.2 Å². The number of anilines is 1. The van der Waals surface area contributed by atoms with E-state index in [0.29, 0.717) is 17.0 Å². The largest absolute Gasteiger partial charge is 0.458 e. The van der Waals surface area contributed by atoms with Crippen LogP contribution < -0.4 is 15.0 Å². The van der Waals surface area contributed by atoms with E-state index in [1.807, 2.05) is 0 Å². The lowest BCUT2D eigenvalue weighted by Gasteiger charge is -2.13. The number of hydrogen-bond acceptors (Lipinski definition) is 6. The lowest BCUT2D eigenvalue weighted by atomic mass is 10.1. The fourth-order valence-electron chi connectivity index (χ4n) is 2.80. The lowest BCUT2D eigenvalue weighted by molar-refractivity contribution is 0.436. The summed E-state index contributed by atoms with van der Waals surface area (Å²) in [5.74, 6) is -2.28. The first-order valence-electron chi connectivity index (χ1n) is 8.28. The number of furan rings is 1. The van der Waals surface area contributed by atoms with Gasteiger partial charge in [-0.15, -0.1) is 0 Å². The van der Waals surface area contributed by atoms with Gasteiger partial charge in [0, 0.05) is 30.3 Å². The van der Waals surface area contributed by atoms with Crippen LogP contribution in [0.2, 0.25) is 0 Å². The van der Waals surface area contributed by atoms with Gasteiger partial charge in [-0.25, -0.2) is 23.0 Å². The Morgan fingerprint density at radius 1 is 1.27 bits per heavy atom. The van der Waals surface area contributed by atoms with Gasteiger partial charge in [0.25, 0.3) is 16.8 Å². The Balaban J connectivity index is 1.92. The van der Waals surface area contributed by atoms with Gasteiger partial charge in [0.1, 0.15) is 11.5 Å². The summed E-state index contributed by atoms with van der Waals surface area (Å²) in [6, 6.07) is 4.30. The van der Waals surface area contributed by atoms with Crippen LogP contribution in [0.4, 0.5) is 14.7 Å². The monoisotopic (exact) mass is 434 g/mol. The van der Waals surface area contributed by atoms with E-state index in [-0.39, 0.29) is 28.7 Å². The molecule has 0 aliphatic heterocycles. The fraction of sp³-hybridized carbons (Fsp3) is 0.0556. The Labute approximate surface area is 169 Å². The number of pyridine rings is 1. The van der Waals surface area contributed by atoms with E-state index < -0.39 is 28.5 Å². The molecule has 30 heavy (non-hydrogen) atoms. The van der Waals surface area contributed by atoms with Crippen molar-refractivity contribution in [2.24, 2.45) is 7.05 Å². The zero-order valence-electron chi connectivity index (χ0n) is 15.1. The molecule has 1 unspecified atom stereocenters. The number of rotatable bonds is 5. The second-order valence-electron chi connectivity index (χ2n) is 6.06. The summed E-state index contributed by atoms with van der Waals surface area (Å²) >= 11 is -2.45. The maximum absolute atomic E-state index is 14.1. The summed E-state index contributed by atoms with van der Waals surface area (Å²) in [6.45, 7) is 0. The molecule has 0 spiro atoms. The van der Waals surface area contributed by atoms with Gasteiger partial charge in [-0.3, -0.25) is 14.1 Å². The third-order valence-electron chi connectivity index (χ3n) is 4.10. The number of nitrogens with zero attached hydrogens (tertiary/aromatic N) is 3. The van der Waals surface area contributed by atoms with Crippen molar-refractivity contribution in [1.82, 2.24) is 14.5 Å². The van der Waals surface area contributed by atoms with Crippen LogP contribution in [0.3, 0.4) is 0 Å². The van der Waals surface area contributed by atoms with Gasteiger partial charge in [0.15, 0.2) is 22.9 Å². The van der Waals surface area contributed by atoms with Gasteiger partial charge in [0.05, 0.1) is 12.5 Å². The van der Waals surface area contributed by atoms with E-state index >= 15 is 0 Å². The summed E-state index contributed by atoms with van der Waals surface area (Å²) in [4.78, 5) is 20.3. The highest BCUT2D eigenvalue weighted by Gasteiger charge is 2.20. The zero-order valence-corrected chi connectivity index (χ0v) is 15.9. The number of aryl methyl sites for hydroxylation is 1. The quantitative estimate of drug-likeness (QED) is 0.463. The van der Waals surface area contributed by atoms with Gasteiger partial charge in [-0.1, -0.05) is 0 Å². The van der Waals surface area contributed by atoms with Gasteiger partial charge >= 0.3 is 0 Å². The van der Waals surface area contributed by atoms with E-state index in [0.717, 1.165) is 18.3 Å². The van der Waals surface area contributed by atoms with Crippen LogP contribution >= 0.6 is 0 Å². The molecule has 1 atom stereocenters.